The van der Waals surface area contributed by atoms with E-state index in [1.807, 2.05) is 0 Å². The number of anilines is 2. The van der Waals surface area contributed by atoms with Crippen LogP contribution in [-0.2, 0) is 14.3 Å². The maximum absolute atomic E-state index is 12.9. The van der Waals surface area contributed by atoms with Crippen LogP contribution >= 0.6 is 23.2 Å². The van der Waals surface area contributed by atoms with Crippen molar-refractivity contribution in [2.24, 2.45) is 0 Å². The molecule has 34 heavy (non-hydrogen) atoms. The lowest BCUT2D eigenvalue weighted by Crippen LogP contribution is -2.48. The van der Waals surface area contributed by atoms with Gasteiger partial charge in [0.05, 0.1) is 23.9 Å². The summed E-state index contributed by atoms with van der Waals surface area (Å²) in [5.74, 6) is 0.492. The summed E-state index contributed by atoms with van der Waals surface area (Å²) in [4.78, 5) is 29.6. The maximum atomic E-state index is 12.9. The number of amides is 2. The minimum atomic E-state index is -0.815. The Bertz CT molecular complexity index is 1060. The van der Waals surface area contributed by atoms with Crippen LogP contribution in [0.3, 0.4) is 0 Å². The van der Waals surface area contributed by atoms with Crippen LogP contribution < -0.4 is 19.7 Å². The topological polar surface area (TPSA) is 80.3 Å². The molecule has 8 nitrogen and oxygen atoms in total. The summed E-state index contributed by atoms with van der Waals surface area (Å²) in [7, 11) is 0. The minimum absolute atomic E-state index is 0.113. The molecule has 10 heteroatoms. The van der Waals surface area contributed by atoms with Crippen molar-refractivity contribution in [2.45, 2.75) is 26.1 Å². The highest BCUT2D eigenvalue weighted by atomic mass is 35.5. The molecule has 2 atom stereocenters. The number of ether oxygens (including phenoxy) is 3. The second-order valence-electron chi connectivity index (χ2n) is 8.21. The largest absolute Gasteiger partial charge is 0.479 e. The van der Waals surface area contributed by atoms with Crippen LogP contribution in [0.15, 0.2) is 36.4 Å². The Balaban J connectivity index is 1.45. The second-order valence-corrected chi connectivity index (χ2v) is 9.05. The summed E-state index contributed by atoms with van der Waals surface area (Å²) in [5, 5.41) is 3.64. The Labute approximate surface area is 208 Å². The number of carbonyl (C=O) groups is 2. The number of benzene rings is 2. The number of fused-ring (bicyclic) bond motifs is 1. The lowest BCUT2D eigenvalue weighted by atomic mass is 10.1. The van der Waals surface area contributed by atoms with Gasteiger partial charge in [-0.2, -0.15) is 0 Å². The van der Waals surface area contributed by atoms with Crippen LogP contribution in [0.4, 0.5) is 11.4 Å². The first kappa shape index (κ1) is 24.6. The summed E-state index contributed by atoms with van der Waals surface area (Å²) < 4.78 is 16.9. The number of nitrogens with zero attached hydrogens (tertiary/aromatic N) is 2. The molecule has 2 unspecified atom stereocenters. The fourth-order valence-corrected chi connectivity index (χ4v) is 4.29. The van der Waals surface area contributed by atoms with Gasteiger partial charge in [-0.1, -0.05) is 23.2 Å². The van der Waals surface area contributed by atoms with Crippen LogP contribution in [0.5, 0.6) is 11.5 Å². The zero-order valence-corrected chi connectivity index (χ0v) is 20.6. The lowest BCUT2D eigenvalue weighted by molar-refractivity contribution is -0.125. The highest BCUT2D eigenvalue weighted by Gasteiger charge is 2.32. The number of hydrogen-bond acceptors (Lipinski definition) is 6. The van der Waals surface area contributed by atoms with E-state index < -0.39 is 12.2 Å². The number of hydrogen-bond donors (Lipinski definition) is 1. The van der Waals surface area contributed by atoms with Crippen molar-refractivity contribution in [3.63, 3.8) is 0 Å². The molecule has 2 aliphatic rings. The Hall–Kier alpha value is -2.52. The van der Waals surface area contributed by atoms with Gasteiger partial charge in [-0.15, -0.1) is 0 Å². The van der Waals surface area contributed by atoms with Crippen molar-refractivity contribution in [3.8, 4) is 11.5 Å². The van der Waals surface area contributed by atoms with Crippen LogP contribution in [0.2, 0.25) is 10.0 Å². The molecule has 2 aromatic rings. The van der Waals surface area contributed by atoms with E-state index in [1.54, 1.807) is 55.1 Å². The molecule has 2 amide bonds. The average molecular weight is 508 g/mol. The monoisotopic (exact) mass is 507 g/mol. The first-order chi connectivity index (χ1) is 16.3. The number of nitrogens with one attached hydrogen (secondary N) is 1. The Morgan fingerprint density at radius 2 is 1.94 bits per heavy atom. The summed E-state index contributed by atoms with van der Waals surface area (Å²) in [5.41, 5.74) is 1.16. The fraction of sp³-hybridized carbons (Fsp3) is 0.417. The third kappa shape index (κ3) is 5.75. The van der Waals surface area contributed by atoms with E-state index in [-0.39, 0.29) is 11.8 Å². The van der Waals surface area contributed by atoms with Gasteiger partial charge in [0.25, 0.3) is 11.8 Å². The van der Waals surface area contributed by atoms with Gasteiger partial charge >= 0.3 is 0 Å². The van der Waals surface area contributed by atoms with Gasteiger partial charge in [0, 0.05) is 36.9 Å². The van der Waals surface area contributed by atoms with E-state index in [4.69, 9.17) is 37.4 Å². The lowest BCUT2D eigenvalue weighted by Gasteiger charge is -2.35. The molecule has 1 N–H and O–H groups in total. The van der Waals surface area contributed by atoms with Gasteiger partial charge in [-0.05, 0) is 50.2 Å². The van der Waals surface area contributed by atoms with Crippen molar-refractivity contribution in [3.05, 3.63) is 46.4 Å². The van der Waals surface area contributed by atoms with Crippen LogP contribution in [-0.4, -0.2) is 68.3 Å². The molecular formula is C24H27Cl2N3O5. The summed E-state index contributed by atoms with van der Waals surface area (Å²) in [6.45, 7) is 7.68. The van der Waals surface area contributed by atoms with Gasteiger partial charge in [0.15, 0.2) is 12.2 Å². The van der Waals surface area contributed by atoms with Gasteiger partial charge < -0.3 is 24.4 Å². The fourth-order valence-electron chi connectivity index (χ4n) is 3.84. The number of carbonyl (C=O) groups excluding carboxylic acids is 2. The Morgan fingerprint density at radius 3 is 2.68 bits per heavy atom. The number of morpholine rings is 1. The van der Waals surface area contributed by atoms with E-state index in [2.05, 4.69) is 10.2 Å². The Morgan fingerprint density at radius 1 is 1.18 bits per heavy atom. The molecule has 0 radical (unpaired) electrons. The standard InChI is InChI=1S/C24H27Cl2N3O5/c1-15(33-21-5-3-17(25)13-19(21)26)23(30)27-18-4-6-22-20(14-18)29(24(31)16(2)34-22)8-7-28-9-11-32-12-10-28/h3-6,13-16H,7-12H2,1-2H3,(H,27,30). The van der Waals surface area contributed by atoms with Crippen LogP contribution in [0.25, 0.3) is 0 Å². The SMILES string of the molecule is CC(Oc1ccc(Cl)cc1Cl)C(=O)Nc1ccc2c(c1)N(CCN1CCOCC1)C(=O)C(C)O2. The molecule has 2 aromatic carbocycles. The smallest absolute Gasteiger partial charge is 0.267 e. The van der Waals surface area contributed by atoms with Gasteiger partial charge in [0.2, 0.25) is 0 Å². The molecule has 0 saturated carbocycles. The molecule has 0 aliphatic carbocycles. The van der Waals surface area contributed by atoms with Gasteiger partial charge in [-0.3, -0.25) is 14.5 Å². The summed E-state index contributed by atoms with van der Waals surface area (Å²) >= 11 is 12.1. The molecule has 4 rings (SSSR count). The van der Waals surface area contributed by atoms with Crippen molar-refractivity contribution in [1.29, 1.82) is 0 Å². The first-order valence-electron chi connectivity index (χ1n) is 11.2. The van der Waals surface area contributed by atoms with E-state index >= 15 is 0 Å². The first-order valence-corrected chi connectivity index (χ1v) is 11.9. The molecule has 0 aromatic heterocycles. The van der Waals surface area contributed by atoms with E-state index in [1.165, 1.54) is 0 Å². The highest BCUT2D eigenvalue weighted by Crippen LogP contribution is 2.36. The Kier molecular flexibility index (Phi) is 7.83. The number of halogens is 2. The quantitative estimate of drug-likeness (QED) is 0.613. The molecule has 182 valence electrons. The molecule has 2 heterocycles. The van der Waals surface area contributed by atoms with Crippen LogP contribution in [0.1, 0.15) is 13.8 Å². The van der Waals surface area contributed by atoms with E-state index in [0.717, 1.165) is 19.6 Å². The van der Waals surface area contributed by atoms with Gasteiger partial charge in [-0.25, -0.2) is 0 Å². The zero-order chi connectivity index (χ0) is 24.2. The summed E-state index contributed by atoms with van der Waals surface area (Å²) in [6, 6.07) is 10.1. The molecular weight excluding hydrogens is 481 g/mol. The predicted octanol–water partition coefficient (Wildman–Crippen LogP) is 3.85. The minimum Gasteiger partial charge on any atom is -0.479 e. The zero-order valence-electron chi connectivity index (χ0n) is 19.1. The van der Waals surface area contributed by atoms with Crippen molar-refractivity contribution >= 4 is 46.4 Å². The second kappa shape index (κ2) is 10.8. The predicted molar refractivity (Wildman–Crippen MR) is 131 cm³/mol. The van der Waals surface area contributed by atoms with Crippen LogP contribution in [0, 0.1) is 0 Å². The molecule has 0 spiro atoms. The van der Waals surface area contributed by atoms with Crippen molar-refractivity contribution in [1.82, 2.24) is 4.90 Å². The summed E-state index contributed by atoms with van der Waals surface area (Å²) in [6.07, 6.45) is -1.39. The maximum Gasteiger partial charge on any atom is 0.267 e. The highest BCUT2D eigenvalue weighted by molar-refractivity contribution is 6.35. The van der Waals surface area contributed by atoms with Crippen molar-refractivity contribution in [2.75, 3.05) is 49.6 Å². The van der Waals surface area contributed by atoms with Gasteiger partial charge in [0.1, 0.15) is 11.5 Å². The molecule has 2 aliphatic heterocycles. The third-order valence-corrected chi connectivity index (χ3v) is 6.28. The molecule has 1 saturated heterocycles. The van der Waals surface area contributed by atoms with Crippen molar-refractivity contribution < 1.29 is 23.8 Å². The normalized spacial score (nSPS) is 19.2. The third-order valence-electron chi connectivity index (χ3n) is 5.75. The number of rotatable bonds is 7. The van der Waals surface area contributed by atoms with E-state index in [9.17, 15) is 9.59 Å². The average Bonchev–Trinajstić information content (AvgIpc) is 2.82. The van der Waals surface area contributed by atoms with E-state index in [0.29, 0.717) is 52.7 Å². The molecule has 1 fully saturated rings. The molecule has 0 bridgehead atoms.